The minimum atomic E-state index is -0.128. The van der Waals surface area contributed by atoms with Gasteiger partial charge in [0.05, 0.1) is 7.11 Å². The maximum Gasteiger partial charge on any atom is 0.119 e. The Balaban J connectivity index is 1.98. The maximum atomic E-state index is 6.98. The predicted molar refractivity (Wildman–Crippen MR) is 82.9 cm³/mol. The van der Waals surface area contributed by atoms with Crippen molar-refractivity contribution in [3.8, 4) is 5.75 Å². The molecule has 110 valence electrons. The molecule has 1 saturated carbocycles. The molecular formula is C18H27NO. The van der Waals surface area contributed by atoms with E-state index in [4.69, 9.17) is 10.5 Å². The summed E-state index contributed by atoms with van der Waals surface area (Å²) in [6.45, 7) is 2.38. The molecule has 0 bridgehead atoms. The Morgan fingerprint density at radius 2 is 2.10 bits per heavy atom. The fourth-order valence-electron chi connectivity index (χ4n) is 4.37. The molecule has 3 atom stereocenters. The van der Waals surface area contributed by atoms with Gasteiger partial charge in [0.1, 0.15) is 5.75 Å². The highest BCUT2D eigenvalue weighted by Gasteiger charge is 2.41. The molecule has 2 heteroatoms. The normalized spacial score (nSPS) is 33.5. The largest absolute Gasteiger partial charge is 0.497 e. The highest BCUT2D eigenvalue weighted by atomic mass is 16.5. The number of ether oxygens (including phenoxy) is 1. The number of fused-ring (bicyclic) bond motifs is 1. The van der Waals surface area contributed by atoms with Crippen molar-refractivity contribution in [1.82, 2.24) is 0 Å². The third-order valence-electron chi connectivity index (χ3n) is 5.52. The highest BCUT2D eigenvalue weighted by Crippen LogP contribution is 2.46. The van der Waals surface area contributed by atoms with E-state index in [1.165, 1.54) is 49.7 Å². The van der Waals surface area contributed by atoms with Gasteiger partial charge >= 0.3 is 0 Å². The highest BCUT2D eigenvalue weighted by molar-refractivity contribution is 5.42. The number of nitrogens with two attached hydrogens (primary N) is 1. The van der Waals surface area contributed by atoms with Gasteiger partial charge in [0.15, 0.2) is 0 Å². The van der Waals surface area contributed by atoms with Crippen LogP contribution < -0.4 is 10.5 Å². The second-order valence-electron chi connectivity index (χ2n) is 6.89. The zero-order valence-electron chi connectivity index (χ0n) is 12.8. The van der Waals surface area contributed by atoms with E-state index in [1.54, 1.807) is 7.11 Å². The van der Waals surface area contributed by atoms with Gasteiger partial charge in [-0.15, -0.1) is 0 Å². The lowest BCUT2D eigenvalue weighted by Crippen LogP contribution is -2.48. The van der Waals surface area contributed by atoms with Crippen molar-refractivity contribution in [2.24, 2.45) is 17.6 Å². The Hall–Kier alpha value is -1.02. The molecule has 0 heterocycles. The maximum absolute atomic E-state index is 6.98. The molecule has 2 aliphatic rings. The van der Waals surface area contributed by atoms with Gasteiger partial charge in [0, 0.05) is 5.54 Å². The van der Waals surface area contributed by atoms with Crippen LogP contribution in [0.3, 0.4) is 0 Å². The quantitative estimate of drug-likeness (QED) is 0.883. The second-order valence-corrected chi connectivity index (χ2v) is 6.89. The molecule has 20 heavy (non-hydrogen) atoms. The molecular weight excluding hydrogens is 246 g/mol. The fourth-order valence-corrected chi connectivity index (χ4v) is 4.37. The van der Waals surface area contributed by atoms with E-state index in [0.717, 1.165) is 18.1 Å². The van der Waals surface area contributed by atoms with Crippen LogP contribution in [0.15, 0.2) is 18.2 Å². The number of aryl methyl sites for hydroxylation is 1. The molecule has 0 radical (unpaired) electrons. The average Bonchev–Trinajstić information content (AvgIpc) is 2.47. The van der Waals surface area contributed by atoms with Gasteiger partial charge in [-0.05, 0) is 67.2 Å². The molecule has 0 amide bonds. The fraction of sp³-hybridized carbons (Fsp3) is 0.667. The van der Waals surface area contributed by atoms with Crippen molar-refractivity contribution in [3.63, 3.8) is 0 Å². The van der Waals surface area contributed by atoms with Crippen LogP contribution in [0.4, 0.5) is 0 Å². The Morgan fingerprint density at radius 1 is 1.25 bits per heavy atom. The van der Waals surface area contributed by atoms with E-state index in [9.17, 15) is 0 Å². The SMILES string of the molecule is COc1ccc2c(c1)C(N)(C1CCCC(C)C1)CCC2. The summed E-state index contributed by atoms with van der Waals surface area (Å²) in [6, 6.07) is 6.50. The second kappa shape index (κ2) is 5.40. The number of hydrogen-bond acceptors (Lipinski definition) is 2. The first kappa shape index (κ1) is 13.9. The van der Waals surface area contributed by atoms with Gasteiger partial charge in [-0.25, -0.2) is 0 Å². The number of rotatable bonds is 2. The van der Waals surface area contributed by atoms with E-state index in [2.05, 4.69) is 25.1 Å². The molecule has 3 unspecified atom stereocenters. The van der Waals surface area contributed by atoms with E-state index in [0.29, 0.717) is 5.92 Å². The molecule has 3 rings (SSSR count). The summed E-state index contributed by atoms with van der Waals surface area (Å²) in [5.74, 6) is 2.41. The Morgan fingerprint density at radius 3 is 2.85 bits per heavy atom. The molecule has 0 aromatic heterocycles. The number of hydrogen-bond donors (Lipinski definition) is 1. The van der Waals surface area contributed by atoms with Crippen LogP contribution in [0.5, 0.6) is 5.75 Å². The van der Waals surface area contributed by atoms with Gasteiger partial charge in [-0.1, -0.05) is 25.8 Å². The van der Waals surface area contributed by atoms with Gasteiger partial charge in [0.25, 0.3) is 0 Å². The molecule has 1 fully saturated rings. The summed E-state index contributed by atoms with van der Waals surface area (Å²) in [5.41, 5.74) is 9.65. The summed E-state index contributed by atoms with van der Waals surface area (Å²) in [5, 5.41) is 0. The Kier molecular flexibility index (Phi) is 3.76. The molecule has 1 aromatic rings. The van der Waals surface area contributed by atoms with Gasteiger partial charge in [-0.3, -0.25) is 0 Å². The zero-order chi connectivity index (χ0) is 14.2. The van der Waals surface area contributed by atoms with Crippen molar-refractivity contribution in [1.29, 1.82) is 0 Å². The Labute approximate surface area is 122 Å². The smallest absolute Gasteiger partial charge is 0.119 e. The minimum Gasteiger partial charge on any atom is -0.497 e. The third-order valence-corrected chi connectivity index (χ3v) is 5.52. The summed E-state index contributed by atoms with van der Waals surface area (Å²) < 4.78 is 5.43. The lowest BCUT2D eigenvalue weighted by atomic mass is 9.64. The summed E-state index contributed by atoms with van der Waals surface area (Å²) in [4.78, 5) is 0. The third kappa shape index (κ3) is 2.35. The monoisotopic (exact) mass is 273 g/mol. The zero-order valence-corrected chi connectivity index (χ0v) is 12.8. The molecule has 2 N–H and O–H groups in total. The van der Waals surface area contributed by atoms with E-state index in [1.807, 2.05) is 0 Å². The first-order chi connectivity index (χ1) is 9.63. The summed E-state index contributed by atoms with van der Waals surface area (Å²) in [7, 11) is 1.74. The van der Waals surface area contributed by atoms with Gasteiger partial charge in [0.2, 0.25) is 0 Å². The minimum absolute atomic E-state index is 0.128. The average molecular weight is 273 g/mol. The van der Waals surface area contributed by atoms with E-state index >= 15 is 0 Å². The number of benzene rings is 1. The van der Waals surface area contributed by atoms with Crippen molar-refractivity contribution < 1.29 is 4.74 Å². The summed E-state index contributed by atoms with van der Waals surface area (Å²) in [6.07, 6.45) is 8.80. The first-order valence-corrected chi connectivity index (χ1v) is 8.10. The molecule has 0 saturated heterocycles. The predicted octanol–water partition coefficient (Wildman–Crippen LogP) is 4.01. The van der Waals surface area contributed by atoms with Crippen molar-refractivity contribution >= 4 is 0 Å². The van der Waals surface area contributed by atoms with Gasteiger partial charge < -0.3 is 10.5 Å². The topological polar surface area (TPSA) is 35.2 Å². The first-order valence-electron chi connectivity index (χ1n) is 8.10. The number of methoxy groups -OCH3 is 1. The molecule has 1 aromatic carbocycles. The van der Waals surface area contributed by atoms with Crippen molar-refractivity contribution in [2.45, 2.75) is 57.4 Å². The van der Waals surface area contributed by atoms with Crippen LogP contribution in [0.25, 0.3) is 0 Å². The Bertz CT molecular complexity index is 484. The van der Waals surface area contributed by atoms with E-state index < -0.39 is 0 Å². The van der Waals surface area contributed by atoms with Crippen LogP contribution in [0.1, 0.15) is 56.6 Å². The van der Waals surface area contributed by atoms with Crippen molar-refractivity contribution in [3.05, 3.63) is 29.3 Å². The standard InChI is InChI=1S/C18H27NO/c1-13-5-3-7-15(11-13)18(19)10-4-6-14-8-9-16(20-2)12-17(14)18/h8-9,12-13,15H,3-7,10-11,19H2,1-2H3. The molecule has 0 spiro atoms. The van der Waals surface area contributed by atoms with Crippen molar-refractivity contribution in [2.75, 3.05) is 7.11 Å². The lowest BCUT2D eigenvalue weighted by molar-refractivity contribution is 0.152. The van der Waals surface area contributed by atoms with Gasteiger partial charge in [-0.2, -0.15) is 0 Å². The summed E-state index contributed by atoms with van der Waals surface area (Å²) >= 11 is 0. The van der Waals surface area contributed by atoms with Crippen LogP contribution in [-0.2, 0) is 12.0 Å². The van der Waals surface area contributed by atoms with E-state index in [-0.39, 0.29) is 5.54 Å². The van der Waals surface area contributed by atoms with Crippen LogP contribution in [-0.4, -0.2) is 7.11 Å². The lowest BCUT2D eigenvalue weighted by Gasteiger charge is -2.45. The van der Waals surface area contributed by atoms with Crippen LogP contribution in [0, 0.1) is 11.8 Å². The molecule has 2 aliphatic carbocycles. The van der Waals surface area contributed by atoms with Crippen LogP contribution >= 0.6 is 0 Å². The van der Waals surface area contributed by atoms with Crippen LogP contribution in [0.2, 0.25) is 0 Å². The molecule has 2 nitrogen and oxygen atoms in total. The molecule has 0 aliphatic heterocycles.